The predicted molar refractivity (Wildman–Crippen MR) is 119 cm³/mol. The van der Waals surface area contributed by atoms with Crippen LogP contribution in [0, 0.1) is 18.3 Å². The number of aliphatic hydroxyl groups is 3. The van der Waals surface area contributed by atoms with Gasteiger partial charge in [0.1, 0.15) is 5.75 Å². The van der Waals surface area contributed by atoms with Crippen molar-refractivity contribution in [2.45, 2.75) is 96.4 Å². The number of fused-ring (bicyclic) bond motifs is 1. The number of benzene rings is 1. The summed E-state index contributed by atoms with van der Waals surface area (Å²) in [6.45, 7) is 15.1. The molecule has 2 aliphatic rings. The van der Waals surface area contributed by atoms with E-state index in [1.54, 1.807) is 0 Å². The van der Waals surface area contributed by atoms with Crippen LogP contribution in [0.2, 0.25) is 13.1 Å². The molecule has 1 aromatic carbocycles. The van der Waals surface area contributed by atoms with Crippen LogP contribution in [-0.4, -0.2) is 36.6 Å². The molecule has 0 unspecified atom stereocenters. The summed E-state index contributed by atoms with van der Waals surface area (Å²) in [4.78, 5) is 0. The first-order valence-corrected chi connectivity index (χ1v) is 13.4. The molecular formula is C24H39O4Si. The summed E-state index contributed by atoms with van der Waals surface area (Å²) in [6, 6.07) is 4.02. The van der Waals surface area contributed by atoms with Crippen LogP contribution < -0.4 is 4.43 Å². The first kappa shape index (κ1) is 22.8. The molecule has 0 spiro atoms. The van der Waals surface area contributed by atoms with E-state index in [0.717, 1.165) is 28.9 Å². The largest absolute Gasteiger partial charge is 0.542 e. The molecule has 2 aliphatic carbocycles. The standard InChI is InChI=1S/C24H39O4Si/c1-16-18(8-9-19(28-29(6)7)20(16)21(2,3)4)23(26)13-12-22(5)17(14-25)10-11-24(22,27)15-23/h8-9,17,25-27H,10-15H2,1-7H3/t17-,22-,23-,24+/m1/s1. The van der Waals surface area contributed by atoms with Crippen molar-refractivity contribution in [1.82, 2.24) is 0 Å². The third-order valence-corrected chi connectivity index (χ3v) is 8.35. The van der Waals surface area contributed by atoms with E-state index < -0.39 is 20.2 Å². The molecule has 3 rings (SSSR count). The topological polar surface area (TPSA) is 69.9 Å². The van der Waals surface area contributed by atoms with Crippen molar-refractivity contribution in [1.29, 1.82) is 0 Å². The molecule has 29 heavy (non-hydrogen) atoms. The Balaban J connectivity index is 2.05. The molecule has 2 saturated carbocycles. The summed E-state index contributed by atoms with van der Waals surface area (Å²) in [5.74, 6) is 1.02. The molecule has 3 N–H and O–H groups in total. The SMILES string of the molecule is Cc1c([C@@]2(O)CC[C@]3(C)[C@@H](CO)CC[C@]3(O)C2)ccc(O[Si](C)C)c1C(C)(C)C. The van der Waals surface area contributed by atoms with Crippen molar-refractivity contribution in [2.24, 2.45) is 11.3 Å². The molecule has 1 radical (unpaired) electrons. The number of hydrogen-bond acceptors (Lipinski definition) is 4. The van der Waals surface area contributed by atoms with E-state index in [2.05, 4.69) is 47.7 Å². The molecule has 5 heteroatoms. The van der Waals surface area contributed by atoms with E-state index in [4.69, 9.17) is 4.43 Å². The van der Waals surface area contributed by atoms with Gasteiger partial charge in [-0.05, 0) is 74.2 Å². The van der Waals surface area contributed by atoms with Gasteiger partial charge in [0.2, 0.25) is 0 Å². The maximum absolute atomic E-state index is 11.8. The minimum Gasteiger partial charge on any atom is -0.542 e. The lowest BCUT2D eigenvalue weighted by atomic mass is 9.57. The highest BCUT2D eigenvalue weighted by Gasteiger charge is 2.62. The molecule has 163 valence electrons. The second-order valence-corrected chi connectivity index (χ2v) is 13.0. The molecule has 0 amide bonds. The van der Waals surface area contributed by atoms with Crippen molar-refractivity contribution in [3.05, 3.63) is 28.8 Å². The Bertz CT molecular complexity index is 771. The van der Waals surface area contributed by atoms with Crippen LogP contribution >= 0.6 is 0 Å². The Morgan fingerprint density at radius 1 is 1.14 bits per heavy atom. The lowest BCUT2D eigenvalue weighted by Gasteiger charge is -2.52. The van der Waals surface area contributed by atoms with Gasteiger partial charge in [0.05, 0.1) is 11.2 Å². The third kappa shape index (κ3) is 3.69. The van der Waals surface area contributed by atoms with E-state index in [9.17, 15) is 15.3 Å². The van der Waals surface area contributed by atoms with Crippen LogP contribution in [0.3, 0.4) is 0 Å². The van der Waals surface area contributed by atoms with E-state index in [1.165, 1.54) is 0 Å². The molecule has 0 bridgehead atoms. The van der Waals surface area contributed by atoms with Crippen molar-refractivity contribution in [3.63, 3.8) is 0 Å². The second-order valence-electron chi connectivity index (χ2n) is 10.9. The van der Waals surface area contributed by atoms with Gasteiger partial charge >= 0.3 is 0 Å². The lowest BCUT2D eigenvalue weighted by Crippen LogP contribution is -2.55. The normalized spacial score (nSPS) is 35.1. The monoisotopic (exact) mass is 419 g/mol. The van der Waals surface area contributed by atoms with Crippen LogP contribution in [-0.2, 0) is 11.0 Å². The first-order valence-electron chi connectivity index (χ1n) is 11.0. The van der Waals surface area contributed by atoms with Crippen LogP contribution in [0.15, 0.2) is 12.1 Å². The molecule has 4 nitrogen and oxygen atoms in total. The van der Waals surface area contributed by atoms with E-state index in [1.807, 2.05) is 12.1 Å². The first-order chi connectivity index (χ1) is 13.3. The van der Waals surface area contributed by atoms with Gasteiger partial charge in [-0.1, -0.05) is 33.8 Å². The maximum atomic E-state index is 11.8. The number of rotatable bonds is 4. The highest BCUT2D eigenvalue weighted by molar-refractivity contribution is 6.49. The average molecular weight is 420 g/mol. The zero-order valence-corrected chi connectivity index (χ0v) is 20.2. The zero-order chi connectivity index (χ0) is 21.8. The third-order valence-electron chi connectivity index (χ3n) is 7.73. The minimum absolute atomic E-state index is 0.105. The fourth-order valence-electron chi connectivity index (χ4n) is 6.11. The summed E-state index contributed by atoms with van der Waals surface area (Å²) in [5.41, 5.74) is 0.684. The Kier molecular flexibility index (Phi) is 5.79. The maximum Gasteiger partial charge on any atom is 0.274 e. The van der Waals surface area contributed by atoms with Crippen molar-refractivity contribution in [2.75, 3.05) is 6.61 Å². The van der Waals surface area contributed by atoms with Crippen molar-refractivity contribution < 1.29 is 19.7 Å². The number of hydrogen-bond donors (Lipinski definition) is 3. The highest BCUT2D eigenvalue weighted by Crippen LogP contribution is 2.62. The van der Waals surface area contributed by atoms with Crippen molar-refractivity contribution in [3.8, 4) is 5.75 Å². The molecular weight excluding hydrogens is 380 g/mol. The van der Waals surface area contributed by atoms with Gasteiger partial charge < -0.3 is 19.7 Å². The van der Waals surface area contributed by atoms with Gasteiger partial charge in [-0.3, -0.25) is 0 Å². The van der Waals surface area contributed by atoms with E-state index in [-0.39, 0.29) is 23.4 Å². The zero-order valence-electron chi connectivity index (χ0n) is 19.2. The molecule has 0 aliphatic heterocycles. The van der Waals surface area contributed by atoms with Crippen LogP contribution in [0.1, 0.15) is 76.5 Å². The molecule has 0 saturated heterocycles. The summed E-state index contributed by atoms with van der Waals surface area (Å²) in [6.07, 6.45) is 3.10. The fourth-order valence-corrected chi connectivity index (χ4v) is 6.72. The Morgan fingerprint density at radius 3 is 2.34 bits per heavy atom. The molecule has 4 atom stereocenters. The van der Waals surface area contributed by atoms with Gasteiger partial charge in [-0.25, -0.2) is 0 Å². The van der Waals surface area contributed by atoms with Gasteiger partial charge in [-0.15, -0.1) is 0 Å². The van der Waals surface area contributed by atoms with Crippen LogP contribution in [0.25, 0.3) is 0 Å². The Morgan fingerprint density at radius 2 is 1.79 bits per heavy atom. The average Bonchev–Trinajstić information content (AvgIpc) is 2.83. The van der Waals surface area contributed by atoms with Gasteiger partial charge in [0, 0.05) is 24.0 Å². The summed E-state index contributed by atoms with van der Waals surface area (Å²) in [5, 5.41) is 33.2. The summed E-state index contributed by atoms with van der Waals surface area (Å²) >= 11 is 0. The minimum atomic E-state index is -1.06. The molecule has 2 fully saturated rings. The van der Waals surface area contributed by atoms with Gasteiger partial charge in [0.25, 0.3) is 9.04 Å². The van der Waals surface area contributed by atoms with E-state index in [0.29, 0.717) is 25.7 Å². The quantitative estimate of drug-likeness (QED) is 0.631. The highest BCUT2D eigenvalue weighted by atomic mass is 28.3. The summed E-state index contributed by atoms with van der Waals surface area (Å²) < 4.78 is 6.20. The molecule has 0 aromatic heterocycles. The fraction of sp³-hybridized carbons (Fsp3) is 0.750. The van der Waals surface area contributed by atoms with Gasteiger partial charge in [-0.2, -0.15) is 0 Å². The summed E-state index contributed by atoms with van der Waals surface area (Å²) in [7, 11) is -0.901. The van der Waals surface area contributed by atoms with E-state index >= 15 is 0 Å². The Labute approximate surface area is 178 Å². The number of aliphatic hydroxyl groups excluding tert-OH is 1. The van der Waals surface area contributed by atoms with Crippen LogP contribution in [0.5, 0.6) is 5.75 Å². The molecule has 0 heterocycles. The lowest BCUT2D eigenvalue weighted by molar-refractivity contribution is -0.173. The Hall–Kier alpha value is -0.883. The van der Waals surface area contributed by atoms with Gasteiger partial charge in [0.15, 0.2) is 0 Å². The second kappa shape index (κ2) is 7.36. The van der Waals surface area contributed by atoms with Crippen LogP contribution in [0.4, 0.5) is 0 Å². The predicted octanol–water partition coefficient (Wildman–Crippen LogP) is 4.43. The molecule has 1 aromatic rings. The van der Waals surface area contributed by atoms with Crippen molar-refractivity contribution >= 4 is 9.04 Å². The smallest absolute Gasteiger partial charge is 0.274 e.